The van der Waals surface area contributed by atoms with E-state index in [1.54, 1.807) is 0 Å². The van der Waals surface area contributed by atoms with Gasteiger partial charge in [0, 0.05) is 23.0 Å². The minimum Gasteiger partial charge on any atom is -0.303 e. The van der Waals surface area contributed by atoms with E-state index < -0.39 is 11.8 Å². The van der Waals surface area contributed by atoms with Crippen LogP contribution in [0, 0.1) is 11.8 Å². The Labute approximate surface area is 127 Å². The van der Waals surface area contributed by atoms with E-state index in [1.165, 1.54) is 19.3 Å². The van der Waals surface area contributed by atoms with E-state index in [-0.39, 0.29) is 28.1 Å². The van der Waals surface area contributed by atoms with Gasteiger partial charge >= 0.3 is 11.7 Å². The summed E-state index contributed by atoms with van der Waals surface area (Å²) < 4.78 is 37.3. The zero-order chi connectivity index (χ0) is 15.4. The summed E-state index contributed by atoms with van der Waals surface area (Å²) in [6, 6.07) is 1.19. The predicted octanol–water partition coefficient (Wildman–Crippen LogP) is 2.26. The quantitative estimate of drug-likeness (QED) is 0.789. The molecule has 2 aromatic heterocycles. The number of thiazole rings is 1. The van der Waals surface area contributed by atoms with Gasteiger partial charge in [-0.2, -0.15) is 4.39 Å². The molecule has 0 aliphatic rings. The Hall–Kier alpha value is -1.87. The molecule has 0 fully saturated rings. The molecule has 110 valence electrons. The molecule has 2 heterocycles. The van der Waals surface area contributed by atoms with Gasteiger partial charge in [0.05, 0.1) is 12.6 Å². The average molecular weight is 330 g/mol. The zero-order valence-electron chi connectivity index (χ0n) is 10.9. The number of carbonyl (C=O) groups excluding carboxylic acids is 1. The smallest absolute Gasteiger partial charge is 0.303 e. The monoisotopic (exact) mass is 330 g/mol. The number of pyridine rings is 1. The molecule has 0 saturated carbocycles. The first-order chi connectivity index (χ1) is 10.0. The van der Waals surface area contributed by atoms with Gasteiger partial charge in [-0.3, -0.25) is 9.78 Å². The van der Waals surface area contributed by atoms with Crippen molar-refractivity contribution in [1.82, 2.24) is 9.97 Å². The number of amides is 1. The van der Waals surface area contributed by atoms with Gasteiger partial charge in [-0.05, 0) is 6.07 Å². The summed E-state index contributed by atoms with van der Waals surface area (Å²) in [7, 11) is 1.40. The van der Waals surface area contributed by atoms with Crippen LogP contribution in [0.1, 0.15) is 6.42 Å². The third kappa shape index (κ3) is 3.61. The summed E-state index contributed by atoms with van der Waals surface area (Å²) >= 11 is 1.22. The van der Waals surface area contributed by atoms with Gasteiger partial charge in [-0.1, -0.05) is 11.3 Å². The third-order valence-corrected chi connectivity index (χ3v) is 4.13. The maximum atomic E-state index is 13.9. The number of rotatable bonds is 5. The van der Waals surface area contributed by atoms with E-state index in [2.05, 4.69) is 9.97 Å². The molecule has 0 spiro atoms. The topological polar surface area (TPSA) is 63.2 Å². The first-order valence-electron chi connectivity index (χ1n) is 5.81. The van der Waals surface area contributed by atoms with Crippen LogP contribution in [0.5, 0.6) is 0 Å². The SMILES string of the molecule is CN(C(=O)CC[S+]=O)c1sc(-c2cncc(F)c2)nc1F. The molecule has 0 saturated heterocycles. The lowest BCUT2D eigenvalue weighted by Gasteiger charge is -2.12. The third-order valence-electron chi connectivity index (χ3n) is 2.60. The van der Waals surface area contributed by atoms with Crippen LogP contribution in [0.4, 0.5) is 13.8 Å². The summed E-state index contributed by atoms with van der Waals surface area (Å²) in [6.07, 6.45) is 2.41. The first-order valence-corrected chi connectivity index (χ1v) is 7.54. The molecule has 0 radical (unpaired) electrons. The molecule has 2 rings (SSSR count). The second-order valence-corrected chi connectivity index (χ2v) is 5.65. The van der Waals surface area contributed by atoms with Gasteiger partial charge in [-0.25, -0.2) is 9.37 Å². The van der Waals surface area contributed by atoms with Gasteiger partial charge in [-0.15, -0.1) is 0 Å². The summed E-state index contributed by atoms with van der Waals surface area (Å²) in [5.41, 5.74) is 0.334. The Kier molecular flexibility index (Phi) is 4.97. The Morgan fingerprint density at radius 3 is 2.86 bits per heavy atom. The fourth-order valence-corrected chi connectivity index (χ4v) is 2.73. The van der Waals surface area contributed by atoms with Crippen molar-refractivity contribution in [3.63, 3.8) is 0 Å². The van der Waals surface area contributed by atoms with Gasteiger partial charge in [0.25, 0.3) is 0 Å². The molecule has 5 nitrogen and oxygen atoms in total. The van der Waals surface area contributed by atoms with Crippen LogP contribution in [0.15, 0.2) is 18.5 Å². The first kappa shape index (κ1) is 15.5. The second-order valence-electron chi connectivity index (χ2n) is 4.03. The van der Waals surface area contributed by atoms with Crippen LogP contribution in [-0.2, 0) is 20.7 Å². The van der Waals surface area contributed by atoms with Gasteiger partial charge < -0.3 is 4.90 Å². The van der Waals surface area contributed by atoms with Crippen LogP contribution in [0.2, 0.25) is 0 Å². The number of hydrogen-bond acceptors (Lipinski definition) is 5. The van der Waals surface area contributed by atoms with Crippen molar-refractivity contribution in [3.05, 3.63) is 30.2 Å². The van der Waals surface area contributed by atoms with Crippen molar-refractivity contribution in [3.8, 4) is 10.6 Å². The summed E-state index contributed by atoms with van der Waals surface area (Å²) in [5, 5.41) is 0.252. The van der Waals surface area contributed by atoms with Gasteiger partial charge in [0.2, 0.25) is 17.6 Å². The van der Waals surface area contributed by atoms with E-state index in [4.69, 9.17) is 0 Å². The molecule has 0 aliphatic heterocycles. The second kappa shape index (κ2) is 6.72. The Morgan fingerprint density at radius 2 is 2.19 bits per heavy atom. The molecule has 0 aromatic carbocycles. The van der Waals surface area contributed by atoms with Crippen LogP contribution >= 0.6 is 11.3 Å². The molecular formula is C12H10F2N3O2S2+. The van der Waals surface area contributed by atoms with Gasteiger partial charge in [0.1, 0.15) is 10.8 Å². The molecule has 9 heteroatoms. The van der Waals surface area contributed by atoms with E-state index >= 15 is 0 Å². The highest BCUT2D eigenvalue weighted by atomic mass is 32.1. The lowest BCUT2D eigenvalue weighted by molar-refractivity contribution is -0.117. The summed E-state index contributed by atoms with van der Waals surface area (Å²) in [4.78, 5) is 20.2. The van der Waals surface area contributed by atoms with Crippen LogP contribution < -0.4 is 4.90 Å². The number of aromatic nitrogens is 2. The van der Waals surface area contributed by atoms with Crippen molar-refractivity contribution < 1.29 is 17.8 Å². The van der Waals surface area contributed by atoms with Crippen molar-refractivity contribution in [2.24, 2.45) is 0 Å². The van der Waals surface area contributed by atoms with Gasteiger partial charge in [0.15, 0.2) is 5.00 Å². The van der Waals surface area contributed by atoms with E-state index in [9.17, 15) is 17.8 Å². The lowest BCUT2D eigenvalue weighted by atomic mass is 10.3. The van der Waals surface area contributed by atoms with Crippen molar-refractivity contribution >= 4 is 33.9 Å². The van der Waals surface area contributed by atoms with Crippen molar-refractivity contribution in [2.75, 3.05) is 17.7 Å². The molecule has 1 amide bonds. The van der Waals surface area contributed by atoms with Crippen molar-refractivity contribution in [2.45, 2.75) is 6.42 Å². The Balaban J connectivity index is 2.27. The molecule has 21 heavy (non-hydrogen) atoms. The molecule has 0 N–H and O–H groups in total. The van der Waals surface area contributed by atoms with E-state index in [0.717, 1.165) is 22.4 Å². The van der Waals surface area contributed by atoms with E-state index in [1.807, 2.05) is 0 Å². The number of hydrogen-bond donors (Lipinski definition) is 0. The number of nitrogens with zero attached hydrogens (tertiary/aromatic N) is 3. The highest BCUT2D eigenvalue weighted by molar-refractivity contribution is 7.65. The molecule has 2 aromatic rings. The normalized spacial score (nSPS) is 10.4. The molecule has 0 atom stereocenters. The minimum absolute atomic E-state index is 0.0128. The maximum absolute atomic E-state index is 13.9. The van der Waals surface area contributed by atoms with Crippen LogP contribution in [0.3, 0.4) is 0 Å². The Morgan fingerprint density at radius 1 is 1.43 bits per heavy atom. The highest BCUT2D eigenvalue weighted by Gasteiger charge is 2.22. The Bertz CT molecular complexity index is 678. The van der Waals surface area contributed by atoms with Crippen molar-refractivity contribution in [1.29, 1.82) is 0 Å². The predicted molar refractivity (Wildman–Crippen MR) is 76.2 cm³/mol. The lowest BCUT2D eigenvalue weighted by Crippen LogP contribution is -2.26. The molecule has 0 aliphatic carbocycles. The molecule has 0 bridgehead atoms. The average Bonchev–Trinajstić information content (AvgIpc) is 2.86. The molecular weight excluding hydrogens is 320 g/mol. The number of carbonyl (C=O) groups is 1. The fourth-order valence-electron chi connectivity index (χ4n) is 1.56. The standard InChI is InChI=1S/C12H10F2N3O2S2/c1-17(9(18)2-3-20-19)12-10(14)16-11(21-12)7-4-8(13)6-15-5-7/h4-6H,2-3H2,1H3/q+1. The van der Waals surface area contributed by atoms with Crippen LogP contribution in [0.25, 0.3) is 10.6 Å². The number of halogens is 2. The molecule has 0 unspecified atom stereocenters. The summed E-state index contributed by atoms with van der Waals surface area (Å²) in [6.45, 7) is 0. The van der Waals surface area contributed by atoms with Crippen LogP contribution in [-0.4, -0.2) is 28.7 Å². The largest absolute Gasteiger partial charge is 0.459 e. The maximum Gasteiger partial charge on any atom is 0.459 e. The number of anilines is 1. The highest BCUT2D eigenvalue weighted by Crippen LogP contribution is 2.33. The summed E-state index contributed by atoms with van der Waals surface area (Å²) in [5.74, 6) is -1.64. The minimum atomic E-state index is -0.815. The zero-order valence-corrected chi connectivity index (χ0v) is 12.5. The van der Waals surface area contributed by atoms with E-state index in [0.29, 0.717) is 17.2 Å². The fraction of sp³-hybridized carbons (Fsp3) is 0.250.